The average molecular weight is 217 g/mol. The molecule has 57 valence electrons. The van der Waals surface area contributed by atoms with Gasteiger partial charge in [0.05, 0.1) is 0 Å². The van der Waals surface area contributed by atoms with Crippen molar-refractivity contribution in [3.05, 3.63) is 18.2 Å². The number of halogens is 2. The van der Waals surface area contributed by atoms with Gasteiger partial charge in [0.2, 0.25) is 0 Å². The van der Waals surface area contributed by atoms with Gasteiger partial charge in [0.1, 0.15) is 5.82 Å². The van der Waals surface area contributed by atoms with Gasteiger partial charge in [0.15, 0.2) is 0 Å². The summed E-state index contributed by atoms with van der Waals surface area (Å²) in [4.78, 5) is 6.75. The van der Waals surface area contributed by atoms with E-state index < -0.39 is 0 Å². The standard InChI is InChI=1S/C4H6N2.2ClH.Cu/c1-4-5-2-3-6-4;;;/h2-3H,1H3,(H,5,6);2*1H;/q;;;+2/p-2. The second-order valence-corrected chi connectivity index (χ2v) is 1.17. The predicted molar refractivity (Wildman–Crippen MR) is 23.3 cm³/mol. The number of nitrogens with one attached hydrogen (secondary N) is 1. The molecule has 0 bridgehead atoms. The smallest absolute Gasteiger partial charge is 1.00 e. The van der Waals surface area contributed by atoms with Gasteiger partial charge in [0.25, 0.3) is 0 Å². The van der Waals surface area contributed by atoms with Crippen LogP contribution in [0.2, 0.25) is 0 Å². The minimum absolute atomic E-state index is 0. The van der Waals surface area contributed by atoms with Crippen molar-refractivity contribution >= 4 is 0 Å². The van der Waals surface area contributed by atoms with Crippen molar-refractivity contribution < 1.29 is 41.9 Å². The molecule has 1 rings (SSSR count). The number of nitrogens with zero attached hydrogens (tertiary/aromatic N) is 1. The normalized spacial score (nSPS) is 5.89. The van der Waals surface area contributed by atoms with E-state index in [4.69, 9.17) is 0 Å². The van der Waals surface area contributed by atoms with Crippen LogP contribution in [0.25, 0.3) is 0 Å². The van der Waals surface area contributed by atoms with E-state index in [9.17, 15) is 0 Å². The van der Waals surface area contributed by atoms with Crippen molar-refractivity contribution in [2.75, 3.05) is 0 Å². The third-order valence-corrected chi connectivity index (χ3v) is 0.635. The predicted octanol–water partition coefficient (Wildman–Crippen LogP) is -5.28. The van der Waals surface area contributed by atoms with Gasteiger partial charge in [-0.15, -0.1) is 0 Å². The molecule has 9 heavy (non-hydrogen) atoms. The van der Waals surface area contributed by atoms with Crippen molar-refractivity contribution in [3.8, 4) is 0 Å². The van der Waals surface area contributed by atoms with Gasteiger partial charge in [0, 0.05) is 12.4 Å². The van der Waals surface area contributed by atoms with Crippen LogP contribution in [0.4, 0.5) is 0 Å². The Balaban J connectivity index is -0.000000120. The number of rotatable bonds is 0. The molecule has 0 aliphatic carbocycles. The number of aromatic amines is 1. The third-order valence-electron chi connectivity index (χ3n) is 0.635. The molecule has 0 fully saturated rings. The zero-order valence-corrected chi connectivity index (χ0v) is 7.11. The van der Waals surface area contributed by atoms with Crippen LogP contribution >= 0.6 is 0 Å². The Labute approximate surface area is 77.1 Å². The SMILES string of the molecule is Cc1ncc[nH]1.[Cl-].[Cl-].[Cu+2]. The largest absolute Gasteiger partial charge is 2.00 e. The Kier molecular flexibility index (Phi) is 14.9. The number of hydrogen-bond donors (Lipinski definition) is 1. The molecule has 0 unspecified atom stereocenters. The van der Waals surface area contributed by atoms with Crippen LogP contribution in [0.3, 0.4) is 0 Å². The first kappa shape index (κ1) is 16.1. The van der Waals surface area contributed by atoms with Gasteiger partial charge in [-0.3, -0.25) is 0 Å². The number of H-pyrrole nitrogens is 1. The van der Waals surface area contributed by atoms with E-state index in [0.717, 1.165) is 5.82 Å². The minimum Gasteiger partial charge on any atom is -1.00 e. The summed E-state index contributed by atoms with van der Waals surface area (Å²) in [6.45, 7) is 1.92. The first-order valence-corrected chi connectivity index (χ1v) is 1.85. The second-order valence-electron chi connectivity index (χ2n) is 1.17. The average Bonchev–Trinajstić information content (AvgIpc) is 1.86. The zero-order chi connectivity index (χ0) is 4.41. The quantitative estimate of drug-likeness (QED) is 0.432. The molecule has 1 aromatic heterocycles. The van der Waals surface area contributed by atoms with Crippen molar-refractivity contribution in [3.63, 3.8) is 0 Å². The van der Waals surface area contributed by atoms with Crippen LogP contribution in [0.5, 0.6) is 0 Å². The molecule has 0 saturated heterocycles. The van der Waals surface area contributed by atoms with Gasteiger partial charge in [-0.25, -0.2) is 4.98 Å². The Morgan fingerprint density at radius 2 is 2.00 bits per heavy atom. The van der Waals surface area contributed by atoms with Crippen LogP contribution in [0.15, 0.2) is 12.4 Å². The molecule has 0 atom stereocenters. The molecule has 5 heteroatoms. The molecule has 0 aromatic carbocycles. The number of aryl methyl sites for hydroxylation is 1. The van der Waals surface area contributed by atoms with E-state index in [-0.39, 0.29) is 41.9 Å². The van der Waals surface area contributed by atoms with Crippen LogP contribution < -0.4 is 24.8 Å². The molecule has 2 nitrogen and oxygen atoms in total. The Hall–Kier alpha value is 0.309. The summed E-state index contributed by atoms with van der Waals surface area (Å²) in [7, 11) is 0. The molecule has 1 radical (unpaired) electrons. The van der Waals surface area contributed by atoms with Gasteiger partial charge in [-0.05, 0) is 6.92 Å². The van der Waals surface area contributed by atoms with Gasteiger partial charge < -0.3 is 29.8 Å². The second kappa shape index (κ2) is 8.31. The first-order chi connectivity index (χ1) is 2.89. The Bertz CT molecular complexity index is 120. The van der Waals surface area contributed by atoms with Crippen LogP contribution in [0.1, 0.15) is 5.82 Å². The van der Waals surface area contributed by atoms with Crippen LogP contribution in [0, 0.1) is 6.92 Å². The molecule has 1 heterocycles. The molecule has 1 N–H and O–H groups in total. The van der Waals surface area contributed by atoms with Crippen molar-refractivity contribution in [2.24, 2.45) is 0 Å². The summed E-state index contributed by atoms with van der Waals surface area (Å²) >= 11 is 0. The molecule has 0 aliphatic rings. The van der Waals surface area contributed by atoms with Crippen LogP contribution in [-0.4, -0.2) is 9.97 Å². The molecule has 0 spiro atoms. The fourth-order valence-electron chi connectivity index (χ4n) is 0.344. The number of aromatic nitrogens is 2. The van der Waals surface area contributed by atoms with E-state index in [1.165, 1.54) is 0 Å². The van der Waals surface area contributed by atoms with Crippen molar-refractivity contribution in [1.82, 2.24) is 9.97 Å². The third kappa shape index (κ3) is 6.19. The minimum atomic E-state index is 0. The maximum absolute atomic E-state index is 3.86. The summed E-state index contributed by atoms with van der Waals surface area (Å²) in [6, 6.07) is 0. The molecular weight excluding hydrogens is 211 g/mol. The maximum atomic E-state index is 3.86. The van der Waals surface area contributed by atoms with E-state index in [2.05, 4.69) is 9.97 Å². The summed E-state index contributed by atoms with van der Waals surface area (Å²) < 4.78 is 0. The molecule has 0 amide bonds. The van der Waals surface area contributed by atoms with Gasteiger partial charge in [-0.2, -0.15) is 0 Å². The van der Waals surface area contributed by atoms with Gasteiger partial charge >= 0.3 is 17.1 Å². The van der Waals surface area contributed by atoms with Crippen molar-refractivity contribution in [2.45, 2.75) is 6.92 Å². The molecule has 0 aliphatic heterocycles. The van der Waals surface area contributed by atoms with Crippen molar-refractivity contribution in [1.29, 1.82) is 0 Å². The molecular formula is C4H6Cl2CuN2. The monoisotopic (exact) mass is 215 g/mol. The summed E-state index contributed by atoms with van der Waals surface area (Å²) in [5.74, 6) is 0.968. The molecule has 1 aromatic rings. The first-order valence-electron chi connectivity index (χ1n) is 1.85. The van der Waals surface area contributed by atoms with Gasteiger partial charge in [-0.1, -0.05) is 0 Å². The number of hydrogen-bond acceptors (Lipinski definition) is 1. The fraction of sp³-hybridized carbons (Fsp3) is 0.250. The Morgan fingerprint density at radius 1 is 1.44 bits per heavy atom. The summed E-state index contributed by atoms with van der Waals surface area (Å²) in [6.07, 6.45) is 3.53. The zero-order valence-electron chi connectivity index (χ0n) is 4.66. The van der Waals surface area contributed by atoms with E-state index in [1.807, 2.05) is 6.92 Å². The summed E-state index contributed by atoms with van der Waals surface area (Å²) in [5.41, 5.74) is 0. The van der Waals surface area contributed by atoms with Crippen LogP contribution in [-0.2, 0) is 17.1 Å². The summed E-state index contributed by atoms with van der Waals surface area (Å²) in [5, 5.41) is 0. The van der Waals surface area contributed by atoms with E-state index in [1.54, 1.807) is 12.4 Å². The molecule has 0 saturated carbocycles. The van der Waals surface area contributed by atoms with E-state index in [0.29, 0.717) is 0 Å². The maximum Gasteiger partial charge on any atom is 2.00 e. The van der Waals surface area contributed by atoms with E-state index >= 15 is 0 Å². The number of imidazole rings is 1. The topological polar surface area (TPSA) is 28.7 Å². The Morgan fingerprint density at radius 3 is 2.11 bits per heavy atom. The fourth-order valence-corrected chi connectivity index (χ4v) is 0.344.